The molecule has 2 amide bonds. The van der Waals surface area contributed by atoms with Gasteiger partial charge in [0.15, 0.2) is 0 Å². The number of nitrogens with zero attached hydrogens (tertiary/aromatic N) is 1. The summed E-state index contributed by atoms with van der Waals surface area (Å²) in [7, 11) is 0. The zero-order valence-corrected chi connectivity index (χ0v) is 15.9. The molecule has 0 radical (unpaired) electrons. The molecular weight excluding hydrogens is 352 g/mol. The summed E-state index contributed by atoms with van der Waals surface area (Å²) < 4.78 is 5.17. The van der Waals surface area contributed by atoms with Gasteiger partial charge in [0, 0.05) is 17.9 Å². The van der Waals surface area contributed by atoms with Gasteiger partial charge in [0.1, 0.15) is 6.04 Å². The largest absolute Gasteiger partial charge is 0.462 e. The van der Waals surface area contributed by atoms with E-state index in [1.165, 1.54) is 0 Å². The van der Waals surface area contributed by atoms with E-state index in [1.807, 2.05) is 13.8 Å². The van der Waals surface area contributed by atoms with Crippen molar-refractivity contribution in [2.75, 3.05) is 17.7 Å². The molecule has 2 unspecified atom stereocenters. The minimum absolute atomic E-state index is 0.0443. The Morgan fingerprint density at radius 2 is 2.08 bits per heavy atom. The van der Waals surface area contributed by atoms with Gasteiger partial charge in [-0.1, -0.05) is 13.3 Å². The summed E-state index contributed by atoms with van der Waals surface area (Å²) in [5.41, 5.74) is 1.06. The second-order valence-electron chi connectivity index (χ2n) is 6.82. The summed E-state index contributed by atoms with van der Waals surface area (Å²) >= 11 is 1.66. The van der Waals surface area contributed by atoms with Crippen molar-refractivity contribution in [3.63, 3.8) is 0 Å². The van der Waals surface area contributed by atoms with Crippen LogP contribution in [0.25, 0.3) is 0 Å². The van der Waals surface area contributed by atoms with Crippen LogP contribution < -0.4 is 5.32 Å². The summed E-state index contributed by atoms with van der Waals surface area (Å²) in [5.74, 6) is 0.107. The van der Waals surface area contributed by atoms with Gasteiger partial charge in [-0.3, -0.25) is 9.59 Å². The molecule has 140 valence electrons. The van der Waals surface area contributed by atoms with Gasteiger partial charge in [-0.2, -0.15) is 0 Å². The highest BCUT2D eigenvalue weighted by atomic mass is 32.2. The monoisotopic (exact) mass is 376 g/mol. The molecule has 2 fully saturated rings. The Morgan fingerprint density at radius 1 is 1.35 bits per heavy atom. The molecule has 0 aliphatic carbocycles. The molecule has 2 atom stereocenters. The van der Waals surface area contributed by atoms with Crippen LogP contribution in [0.1, 0.15) is 49.9 Å². The summed E-state index contributed by atoms with van der Waals surface area (Å²) in [5, 5.41) is 2.85. The topological polar surface area (TPSA) is 75.7 Å². The van der Waals surface area contributed by atoms with Gasteiger partial charge < -0.3 is 15.0 Å². The van der Waals surface area contributed by atoms with Crippen molar-refractivity contribution in [1.82, 2.24) is 4.90 Å². The van der Waals surface area contributed by atoms with Gasteiger partial charge in [0.2, 0.25) is 11.8 Å². The normalized spacial score (nSPS) is 24.5. The number of thioether (sulfide) groups is 1. The zero-order chi connectivity index (χ0) is 18.7. The van der Waals surface area contributed by atoms with E-state index in [1.54, 1.807) is 40.9 Å². The van der Waals surface area contributed by atoms with E-state index in [-0.39, 0.29) is 22.7 Å². The Labute approximate surface area is 157 Å². The summed E-state index contributed by atoms with van der Waals surface area (Å²) in [6, 6.07) is 6.19. The van der Waals surface area contributed by atoms with E-state index >= 15 is 0 Å². The first-order valence-corrected chi connectivity index (χ1v) is 9.97. The lowest BCUT2D eigenvalue weighted by atomic mass is 10.2. The number of nitrogens with one attached hydrogen (secondary N) is 1. The average molecular weight is 376 g/mol. The number of hydrogen-bond donors (Lipinski definition) is 1. The van der Waals surface area contributed by atoms with Crippen LogP contribution in [-0.2, 0) is 14.3 Å². The number of esters is 1. The number of fused-ring (bicyclic) bond motifs is 1. The van der Waals surface area contributed by atoms with E-state index in [4.69, 9.17) is 4.74 Å². The highest BCUT2D eigenvalue weighted by Crippen LogP contribution is 2.47. The van der Waals surface area contributed by atoms with Crippen molar-refractivity contribution in [1.29, 1.82) is 0 Å². The van der Waals surface area contributed by atoms with Gasteiger partial charge >= 0.3 is 5.97 Å². The smallest absolute Gasteiger partial charge is 0.338 e. The predicted octanol–water partition coefficient (Wildman–Crippen LogP) is 3.04. The molecule has 1 N–H and O–H groups in total. The first kappa shape index (κ1) is 18.8. The number of benzene rings is 1. The number of amides is 2. The van der Waals surface area contributed by atoms with Crippen molar-refractivity contribution in [2.45, 2.75) is 50.4 Å². The van der Waals surface area contributed by atoms with Gasteiger partial charge in [-0.25, -0.2) is 4.79 Å². The van der Waals surface area contributed by atoms with Gasteiger partial charge in [-0.15, -0.1) is 11.8 Å². The molecule has 26 heavy (non-hydrogen) atoms. The van der Waals surface area contributed by atoms with Crippen LogP contribution in [0.15, 0.2) is 24.3 Å². The number of hydrogen-bond acceptors (Lipinski definition) is 5. The number of ether oxygens (including phenoxy) is 1. The summed E-state index contributed by atoms with van der Waals surface area (Å²) in [6.07, 6.45) is 3.10. The van der Waals surface area contributed by atoms with E-state index in [0.29, 0.717) is 30.0 Å². The van der Waals surface area contributed by atoms with E-state index in [2.05, 4.69) is 5.32 Å². The minimum atomic E-state index is -0.446. The van der Waals surface area contributed by atoms with Crippen molar-refractivity contribution >= 4 is 35.2 Å². The van der Waals surface area contributed by atoms with Crippen molar-refractivity contribution < 1.29 is 19.1 Å². The minimum Gasteiger partial charge on any atom is -0.462 e. The SMILES string of the molecule is CCCCOC(=O)c1ccc(NC(=O)C2CSC3(C)CCC(=O)N23)cc1. The number of carbonyl (C=O) groups excluding carboxylic acids is 3. The number of rotatable bonds is 6. The van der Waals surface area contributed by atoms with Crippen LogP contribution >= 0.6 is 11.8 Å². The highest BCUT2D eigenvalue weighted by Gasteiger charge is 2.52. The Bertz CT molecular complexity index is 706. The van der Waals surface area contributed by atoms with E-state index < -0.39 is 6.04 Å². The first-order valence-electron chi connectivity index (χ1n) is 8.99. The highest BCUT2D eigenvalue weighted by molar-refractivity contribution is 8.01. The Morgan fingerprint density at radius 3 is 2.77 bits per heavy atom. The number of carbonyl (C=O) groups is 3. The molecular formula is C19H24N2O4S. The summed E-state index contributed by atoms with van der Waals surface area (Å²) in [6.45, 7) is 4.47. The fourth-order valence-electron chi connectivity index (χ4n) is 3.32. The molecule has 0 aromatic heterocycles. The molecule has 2 aliphatic heterocycles. The third kappa shape index (κ3) is 3.72. The van der Waals surface area contributed by atoms with Crippen LogP contribution in [-0.4, -0.2) is 46.0 Å². The molecule has 3 rings (SSSR count). The Kier molecular flexibility index (Phi) is 5.55. The molecule has 6 nitrogen and oxygen atoms in total. The molecule has 2 aliphatic rings. The van der Waals surface area contributed by atoms with Crippen LogP contribution in [0, 0.1) is 0 Å². The maximum atomic E-state index is 12.6. The first-order chi connectivity index (χ1) is 12.4. The fourth-order valence-corrected chi connectivity index (χ4v) is 4.75. The van der Waals surface area contributed by atoms with Crippen molar-refractivity contribution in [3.8, 4) is 0 Å². The summed E-state index contributed by atoms with van der Waals surface area (Å²) in [4.78, 5) is 38.1. The lowest BCUT2D eigenvalue weighted by molar-refractivity contribution is -0.135. The molecule has 2 heterocycles. The molecule has 7 heteroatoms. The standard InChI is InChI=1S/C19H24N2O4S/c1-3-4-11-25-18(24)13-5-7-14(8-6-13)20-17(23)15-12-26-19(2)10-9-16(22)21(15)19/h5-8,15H,3-4,9-12H2,1-2H3,(H,20,23). The molecule has 0 spiro atoms. The van der Waals surface area contributed by atoms with Gasteiger partial charge in [0.25, 0.3) is 0 Å². The van der Waals surface area contributed by atoms with Gasteiger partial charge in [0.05, 0.1) is 17.0 Å². The molecule has 0 saturated carbocycles. The fraction of sp³-hybridized carbons (Fsp3) is 0.526. The maximum absolute atomic E-state index is 12.6. The average Bonchev–Trinajstić information content (AvgIpc) is 3.12. The molecule has 1 aromatic carbocycles. The van der Waals surface area contributed by atoms with Crippen molar-refractivity contribution in [2.24, 2.45) is 0 Å². The van der Waals surface area contributed by atoms with Crippen LogP contribution in [0.4, 0.5) is 5.69 Å². The quantitative estimate of drug-likeness (QED) is 0.610. The molecule has 0 bridgehead atoms. The van der Waals surface area contributed by atoms with E-state index in [0.717, 1.165) is 19.3 Å². The van der Waals surface area contributed by atoms with Crippen molar-refractivity contribution in [3.05, 3.63) is 29.8 Å². The number of anilines is 1. The lowest BCUT2D eigenvalue weighted by Gasteiger charge is -2.29. The molecule has 2 saturated heterocycles. The van der Waals surface area contributed by atoms with Gasteiger partial charge in [-0.05, 0) is 44.0 Å². The lowest BCUT2D eigenvalue weighted by Crippen LogP contribution is -2.48. The maximum Gasteiger partial charge on any atom is 0.338 e. The second-order valence-corrected chi connectivity index (χ2v) is 8.32. The van der Waals surface area contributed by atoms with Crippen LogP contribution in [0.3, 0.4) is 0 Å². The second kappa shape index (κ2) is 7.70. The van der Waals surface area contributed by atoms with Crippen LogP contribution in [0.2, 0.25) is 0 Å². The third-order valence-corrected chi connectivity index (χ3v) is 6.37. The zero-order valence-electron chi connectivity index (χ0n) is 15.1. The predicted molar refractivity (Wildman–Crippen MR) is 101 cm³/mol. The number of unbranched alkanes of at least 4 members (excludes halogenated alkanes) is 1. The Balaban J connectivity index is 1.60. The molecule has 1 aromatic rings. The third-order valence-electron chi connectivity index (χ3n) is 4.87. The Hall–Kier alpha value is -2.02. The van der Waals surface area contributed by atoms with E-state index in [9.17, 15) is 14.4 Å². The van der Waals surface area contributed by atoms with Crippen LogP contribution in [0.5, 0.6) is 0 Å².